The third kappa shape index (κ3) is 4.93. The summed E-state index contributed by atoms with van der Waals surface area (Å²) >= 11 is 0. The minimum atomic E-state index is -0.146. The molecule has 0 bridgehead atoms. The summed E-state index contributed by atoms with van der Waals surface area (Å²) in [5.41, 5.74) is 3.29. The summed E-state index contributed by atoms with van der Waals surface area (Å²) in [7, 11) is 0. The van der Waals surface area contributed by atoms with E-state index in [0.717, 1.165) is 43.1 Å². The highest BCUT2D eigenvalue weighted by molar-refractivity contribution is 5.94. The average Bonchev–Trinajstić information content (AvgIpc) is 3.11. The van der Waals surface area contributed by atoms with Gasteiger partial charge in [-0.05, 0) is 63.1 Å². The van der Waals surface area contributed by atoms with Crippen molar-refractivity contribution in [2.45, 2.75) is 33.6 Å². The molecule has 4 rings (SSSR count). The third-order valence-corrected chi connectivity index (χ3v) is 5.50. The maximum Gasteiger partial charge on any atom is 0.227 e. The van der Waals surface area contributed by atoms with E-state index in [4.69, 9.17) is 0 Å². The Balaban J connectivity index is 1.33. The zero-order valence-electron chi connectivity index (χ0n) is 18.5. The quantitative estimate of drug-likeness (QED) is 0.641. The highest BCUT2D eigenvalue weighted by Gasteiger charge is 2.26. The Morgan fingerprint density at radius 1 is 0.938 bits per heavy atom. The van der Waals surface area contributed by atoms with Gasteiger partial charge in [0.2, 0.25) is 11.8 Å². The van der Waals surface area contributed by atoms with Crippen LogP contribution in [0, 0.1) is 19.8 Å². The monoisotopic (exact) mass is 433 g/mol. The van der Waals surface area contributed by atoms with Crippen LogP contribution in [-0.4, -0.2) is 44.9 Å². The van der Waals surface area contributed by atoms with Crippen LogP contribution in [0.4, 0.5) is 17.2 Å². The molecule has 3 aromatic rings. The fraction of sp³-hybridized carbons (Fsp3) is 0.348. The first-order valence-electron chi connectivity index (χ1n) is 10.7. The topological polar surface area (TPSA) is 105 Å². The average molecular weight is 434 g/mol. The molecule has 9 nitrogen and oxygen atoms in total. The van der Waals surface area contributed by atoms with Gasteiger partial charge in [-0.3, -0.25) is 9.59 Å². The lowest BCUT2D eigenvalue weighted by atomic mass is 9.96. The predicted octanol–water partition coefficient (Wildman–Crippen LogP) is 3.09. The van der Waals surface area contributed by atoms with Crippen LogP contribution in [0.25, 0.3) is 5.82 Å². The van der Waals surface area contributed by atoms with E-state index in [1.807, 2.05) is 38.1 Å². The van der Waals surface area contributed by atoms with Crippen molar-refractivity contribution >= 4 is 29.0 Å². The number of piperidine rings is 1. The van der Waals surface area contributed by atoms with Crippen molar-refractivity contribution in [3.8, 4) is 5.82 Å². The van der Waals surface area contributed by atoms with Crippen LogP contribution < -0.4 is 15.5 Å². The summed E-state index contributed by atoms with van der Waals surface area (Å²) in [6.07, 6.45) is 1.47. The van der Waals surface area contributed by atoms with Crippen LogP contribution in [-0.2, 0) is 9.59 Å². The first-order chi connectivity index (χ1) is 15.4. The molecule has 0 radical (unpaired) electrons. The molecule has 1 fully saturated rings. The smallest absolute Gasteiger partial charge is 0.227 e. The number of rotatable bonds is 5. The van der Waals surface area contributed by atoms with E-state index in [-0.39, 0.29) is 17.7 Å². The van der Waals surface area contributed by atoms with Crippen molar-refractivity contribution in [3.63, 3.8) is 0 Å². The number of hydrogen-bond acceptors (Lipinski definition) is 6. The Kier molecular flexibility index (Phi) is 6.16. The summed E-state index contributed by atoms with van der Waals surface area (Å²) in [4.78, 5) is 26.1. The van der Waals surface area contributed by atoms with Crippen LogP contribution in [0.2, 0.25) is 0 Å². The fourth-order valence-corrected chi connectivity index (χ4v) is 3.95. The molecule has 1 aliphatic rings. The lowest BCUT2D eigenvalue weighted by Gasteiger charge is -2.31. The van der Waals surface area contributed by atoms with Gasteiger partial charge in [0, 0.05) is 43.0 Å². The lowest BCUT2D eigenvalue weighted by molar-refractivity contribution is -0.120. The number of carbonyl (C=O) groups excluding carboxylic acids is 2. The van der Waals surface area contributed by atoms with Crippen molar-refractivity contribution in [2.24, 2.45) is 5.92 Å². The van der Waals surface area contributed by atoms with Crippen molar-refractivity contribution in [1.29, 1.82) is 0 Å². The van der Waals surface area contributed by atoms with Gasteiger partial charge in [0.1, 0.15) is 0 Å². The SMILES string of the molecule is CC(=O)Nc1cccc(NC(=O)C2CCN(c3ccc(-n4nc(C)cc4C)nn3)CC2)c1. The van der Waals surface area contributed by atoms with Crippen LogP contribution in [0.5, 0.6) is 0 Å². The summed E-state index contributed by atoms with van der Waals surface area (Å²) in [6.45, 7) is 6.86. The molecule has 166 valence electrons. The second kappa shape index (κ2) is 9.17. The first-order valence-corrected chi connectivity index (χ1v) is 10.7. The molecule has 32 heavy (non-hydrogen) atoms. The fourth-order valence-electron chi connectivity index (χ4n) is 3.95. The maximum absolute atomic E-state index is 12.7. The van der Waals surface area contributed by atoms with Gasteiger partial charge in [-0.1, -0.05) is 6.07 Å². The normalized spacial score (nSPS) is 14.3. The molecule has 1 aromatic carbocycles. The molecule has 0 spiro atoms. The molecule has 0 atom stereocenters. The molecule has 1 saturated heterocycles. The van der Waals surface area contributed by atoms with Crippen molar-refractivity contribution < 1.29 is 9.59 Å². The second-order valence-corrected chi connectivity index (χ2v) is 8.10. The van der Waals surface area contributed by atoms with Gasteiger partial charge in [-0.2, -0.15) is 5.10 Å². The van der Waals surface area contributed by atoms with E-state index in [1.54, 1.807) is 22.9 Å². The Bertz CT molecular complexity index is 1120. The highest BCUT2D eigenvalue weighted by atomic mass is 16.2. The number of aryl methyl sites for hydroxylation is 2. The van der Waals surface area contributed by atoms with E-state index in [9.17, 15) is 9.59 Å². The van der Waals surface area contributed by atoms with Crippen LogP contribution in [0.15, 0.2) is 42.5 Å². The van der Waals surface area contributed by atoms with E-state index in [1.165, 1.54) is 6.92 Å². The Labute approximate surface area is 186 Å². The summed E-state index contributed by atoms with van der Waals surface area (Å²) in [5, 5.41) is 18.8. The van der Waals surface area contributed by atoms with Crippen molar-refractivity contribution in [3.05, 3.63) is 53.9 Å². The Morgan fingerprint density at radius 3 is 2.19 bits per heavy atom. The first kappa shape index (κ1) is 21.5. The molecule has 2 amide bonds. The minimum absolute atomic E-state index is 0.00409. The number of nitrogens with zero attached hydrogens (tertiary/aromatic N) is 5. The highest BCUT2D eigenvalue weighted by Crippen LogP contribution is 2.24. The number of aromatic nitrogens is 4. The van der Waals surface area contributed by atoms with Crippen LogP contribution in [0.3, 0.4) is 0 Å². The molecular formula is C23H27N7O2. The van der Waals surface area contributed by atoms with Gasteiger partial charge in [0.15, 0.2) is 11.6 Å². The van der Waals surface area contributed by atoms with E-state index < -0.39 is 0 Å². The number of hydrogen-bond donors (Lipinski definition) is 2. The molecular weight excluding hydrogens is 406 g/mol. The number of anilines is 3. The van der Waals surface area contributed by atoms with Gasteiger partial charge < -0.3 is 15.5 Å². The number of carbonyl (C=O) groups is 2. The standard InChI is InChI=1S/C23H27N7O2/c1-15-13-16(2)30(28-15)22-8-7-21(26-27-22)29-11-9-18(10-12-29)23(32)25-20-6-4-5-19(14-20)24-17(3)31/h4-8,13-14,18H,9-12H2,1-3H3,(H,24,31)(H,25,32). The Hall–Kier alpha value is -3.75. The Morgan fingerprint density at radius 2 is 1.59 bits per heavy atom. The number of amides is 2. The minimum Gasteiger partial charge on any atom is -0.355 e. The zero-order chi connectivity index (χ0) is 22.7. The number of nitrogens with one attached hydrogen (secondary N) is 2. The molecule has 3 heterocycles. The van der Waals surface area contributed by atoms with E-state index in [0.29, 0.717) is 17.2 Å². The maximum atomic E-state index is 12.7. The summed E-state index contributed by atoms with van der Waals surface area (Å²) in [6, 6.07) is 13.0. The molecule has 0 unspecified atom stereocenters. The summed E-state index contributed by atoms with van der Waals surface area (Å²) < 4.78 is 1.78. The van der Waals surface area contributed by atoms with Gasteiger partial charge in [0.05, 0.1) is 5.69 Å². The van der Waals surface area contributed by atoms with Crippen molar-refractivity contribution in [2.75, 3.05) is 28.6 Å². The molecule has 1 aliphatic heterocycles. The van der Waals surface area contributed by atoms with E-state index >= 15 is 0 Å². The van der Waals surface area contributed by atoms with Gasteiger partial charge in [-0.15, -0.1) is 10.2 Å². The van der Waals surface area contributed by atoms with Gasteiger partial charge in [0.25, 0.3) is 0 Å². The van der Waals surface area contributed by atoms with Gasteiger partial charge >= 0.3 is 0 Å². The van der Waals surface area contributed by atoms with E-state index in [2.05, 4.69) is 30.8 Å². The van der Waals surface area contributed by atoms with Crippen LogP contribution in [0.1, 0.15) is 31.2 Å². The second-order valence-electron chi connectivity index (χ2n) is 8.10. The van der Waals surface area contributed by atoms with Crippen molar-refractivity contribution in [1.82, 2.24) is 20.0 Å². The van der Waals surface area contributed by atoms with Crippen LogP contribution >= 0.6 is 0 Å². The molecule has 9 heteroatoms. The third-order valence-electron chi connectivity index (χ3n) is 5.50. The number of benzene rings is 1. The molecule has 0 aliphatic carbocycles. The zero-order valence-corrected chi connectivity index (χ0v) is 18.5. The largest absolute Gasteiger partial charge is 0.355 e. The molecule has 2 aromatic heterocycles. The molecule has 2 N–H and O–H groups in total. The summed E-state index contributed by atoms with van der Waals surface area (Å²) in [5.74, 6) is 1.27. The van der Waals surface area contributed by atoms with Gasteiger partial charge in [-0.25, -0.2) is 4.68 Å². The predicted molar refractivity (Wildman–Crippen MR) is 123 cm³/mol. The molecule has 0 saturated carbocycles. The lowest BCUT2D eigenvalue weighted by Crippen LogP contribution is -2.38.